The van der Waals surface area contributed by atoms with Gasteiger partial charge in [-0.3, -0.25) is 10.1 Å². The number of nitro groups is 1. The van der Waals surface area contributed by atoms with E-state index < -0.39 is 4.92 Å². The van der Waals surface area contributed by atoms with Gasteiger partial charge >= 0.3 is 0 Å². The van der Waals surface area contributed by atoms with Gasteiger partial charge in [0, 0.05) is 25.3 Å². The Morgan fingerprint density at radius 2 is 2.41 bits per heavy atom. The Kier molecular flexibility index (Phi) is 3.81. The lowest BCUT2D eigenvalue weighted by Gasteiger charge is -2.12. The van der Waals surface area contributed by atoms with Crippen LogP contribution in [0, 0.1) is 10.1 Å². The molecule has 17 heavy (non-hydrogen) atoms. The fourth-order valence-electron chi connectivity index (χ4n) is 1.79. The number of rotatable bonds is 4. The summed E-state index contributed by atoms with van der Waals surface area (Å²) >= 11 is 5.95. The zero-order chi connectivity index (χ0) is 12.3. The highest BCUT2D eigenvalue weighted by Gasteiger charge is 2.16. The lowest BCUT2D eigenvalue weighted by Crippen LogP contribution is -2.18. The fourth-order valence-corrected chi connectivity index (χ4v) is 2.03. The van der Waals surface area contributed by atoms with E-state index in [1.54, 1.807) is 6.07 Å². The van der Waals surface area contributed by atoms with Gasteiger partial charge in [-0.15, -0.1) is 0 Å². The number of hydrogen-bond donors (Lipinski definition) is 1. The first-order valence-electron chi connectivity index (χ1n) is 5.46. The summed E-state index contributed by atoms with van der Waals surface area (Å²) in [7, 11) is 0. The maximum absolute atomic E-state index is 10.5. The molecule has 1 saturated heterocycles. The Hall–Kier alpha value is -1.33. The monoisotopic (exact) mass is 256 g/mol. The van der Waals surface area contributed by atoms with E-state index in [4.69, 9.17) is 16.3 Å². The fraction of sp³-hybridized carbons (Fsp3) is 0.455. The lowest BCUT2D eigenvalue weighted by atomic mass is 10.2. The molecular formula is C11H13ClN2O3. The van der Waals surface area contributed by atoms with Crippen LogP contribution in [-0.4, -0.2) is 24.2 Å². The molecule has 92 valence electrons. The van der Waals surface area contributed by atoms with E-state index in [9.17, 15) is 10.1 Å². The number of hydrogen-bond acceptors (Lipinski definition) is 4. The Balaban J connectivity index is 1.98. The molecule has 0 radical (unpaired) electrons. The normalized spacial score (nSPS) is 19.2. The molecule has 1 fully saturated rings. The second-order valence-corrected chi connectivity index (χ2v) is 4.34. The van der Waals surface area contributed by atoms with Gasteiger partial charge < -0.3 is 10.1 Å². The molecule has 0 spiro atoms. The predicted molar refractivity (Wildman–Crippen MR) is 65.6 cm³/mol. The summed E-state index contributed by atoms with van der Waals surface area (Å²) in [6.45, 7) is 1.48. The average Bonchev–Trinajstić information content (AvgIpc) is 2.80. The smallest absolute Gasteiger partial charge is 0.271 e. The van der Waals surface area contributed by atoms with Crippen molar-refractivity contribution in [3.8, 4) is 0 Å². The number of nitrogens with one attached hydrogen (secondary N) is 1. The Labute approximate surface area is 104 Å². The van der Waals surface area contributed by atoms with E-state index in [0.717, 1.165) is 19.4 Å². The van der Waals surface area contributed by atoms with Crippen LogP contribution in [0.15, 0.2) is 18.2 Å². The summed E-state index contributed by atoms with van der Waals surface area (Å²) in [4.78, 5) is 10.1. The Morgan fingerprint density at radius 1 is 1.59 bits per heavy atom. The minimum Gasteiger partial charge on any atom is -0.381 e. The first-order valence-corrected chi connectivity index (χ1v) is 5.84. The number of ether oxygens (including phenoxy) is 1. The molecule has 2 rings (SSSR count). The average molecular weight is 257 g/mol. The van der Waals surface area contributed by atoms with Crippen molar-refractivity contribution in [1.29, 1.82) is 0 Å². The van der Waals surface area contributed by atoms with Crippen LogP contribution >= 0.6 is 11.6 Å². The maximum Gasteiger partial charge on any atom is 0.271 e. The van der Waals surface area contributed by atoms with Gasteiger partial charge in [0.05, 0.1) is 21.7 Å². The summed E-state index contributed by atoms with van der Waals surface area (Å²) in [5.41, 5.74) is 0.699. The number of halogens is 1. The molecule has 0 aliphatic carbocycles. The second kappa shape index (κ2) is 5.33. The maximum atomic E-state index is 10.5. The van der Waals surface area contributed by atoms with E-state index >= 15 is 0 Å². The number of non-ortho nitro benzene ring substituents is 1. The van der Waals surface area contributed by atoms with Gasteiger partial charge in [0.15, 0.2) is 0 Å². The molecule has 1 N–H and O–H groups in total. The van der Waals surface area contributed by atoms with E-state index in [1.165, 1.54) is 12.1 Å². The van der Waals surface area contributed by atoms with Crippen LogP contribution in [0.25, 0.3) is 0 Å². The molecule has 1 aliphatic heterocycles. The third-order valence-corrected chi connectivity index (χ3v) is 3.02. The highest BCUT2D eigenvalue weighted by atomic mass is 35.5. The van der Waals surface area contributed by atoms with Crippen molar-refractivity contribution < 1.29 is 9.66 Å². The zero-order valence-electron chi connectivity index (χ0n) is 9.19. The van der Waals surface area contributed by atoms with Crippen molar-refractivity contribution in [2.45, 2.75) is 18.9 Å². The van der Waals surface area contributed by atoms with Crippen LogP contribution in [0.1, 0.15) is 12.8 Å². The molecule has 1 aromatic rings. The van der Waals surface area contributed by atoms with Gasteiger partial charge in [-0.05, 0) is 18.9 Å². The quantitative estimate of drug-likeness (QED) is 0.665. The first kappa shape index (κ1) is 12.1. The lowest BCUT2D eigenvalue weighted by molar-refractivity contribution is -0.384. The standard InChI is InChI=1S/C11H13ClN2O3/c12-10-6-8(14(15)16)3-4-11(10)13-7-9-2-1-5-17-9/h3-4,6,9,13H,1-2,5,7H2. The van der Waals surface area contributed by atoms with Crippen molar-refractivity contribution in [1.82, 2.24) is 0 Å². The third kappa shape index (κ3) is 3.08. The predicted octanol–water partition coefficient (Wildman–Crippen LogP) is 2.84. The van der Waals surface area contributed by atoms with Gasteiger partial charge in [-0.2, -0.15) is 0 Å². The number of nitro benzene ring substituents is 1. The molecule has 0 bridgehead atoms. The van der Waals surface area contributed by atoms with E-state index in [0.29, 0.717) is 17.3 Å². The topological polar surface area (TPSA) is 64.4 Å². The van der Waals surface area contributed by atoms with Gasteiger partial charge in [-0.25, -0.2) is 0 Å². The Bertz CT molecular complexity index is 419. The minimum atomic E-state index is -0.463. The van der Waals surface area contributed by atoms with Crippen LogP contribution in [0.2, 0.25) is 5.02 Å². The van der Waals surface area contributed by atoms with Crippen LogP contribution in [0.5, 0.6) is 0 Å². The van der Waals surface area contributed by atoms with Gasteiger partial charge in [0.2, 0.25) is 0 Å². The van der Waals surface area contributed by atoms with Crippen LogP contribution in [0.4, 0.5) is 11.4 Å². The molecule has 1 aromatic carbocycles. The molecule has 1 atom stereocenters. The van der Waals surface area contributed by atoms with Crippen molar-refractivity contribution in [2.75, 3.05) is 18.5 Å². The zero-order valence-corrected chi connectivity index (χ0v) is 9.94. The van der Waals surface area contributed by atoms with Crippen LogP contribution in [-0.2, 0) is 4.74 Å². The van der Waals surface area contributed by atoms with Gasteiger partial charge in [0.1, 0.15) is 0 Å². The van der Waals surface area contributed by atoms with Crippen LogP contribution in [0.3, 0.4) is 0 Å². The third-order valence-electron chi connectivity index (χ3n) is 2.71. The highest BCUT2D eigenvalue weighted by molar-refractivity contribution is 6.33. The summed E-state index contributed by atoms with van der Waals surface area (Å²) in [5, 5.41) is 14.0. The summed E-state index contributed by atoms with van der Waals surface area (Å²) in [6, 6.07) is 4.40. The molecule has 0 aromatic heterocycles. The van der Waals surface area contributed by atoms with Crippen molar-refractivity contribution in [3.05, 3.63) is 33.3 Å². The largest absolute Gasteiger partial charge is 0.381 e. The van der Waals surface area contributed by atoms with Crippen molar-refractivity contribution >= 4 is 23.0 Å². The Morgan fingerprint density at radius 3 is 3.00 bits per heavy atom. The SMILES string of the molecule is O=[N+]([O-])c1ccc(NCC2CCCO2)c(Cl)c1. The molecule has 1 aliphatic rings. The molecule has 0 saturated carbocycles. The van der Waals surface area contributed by atoms with Crippen LogP contribution < -0.4 is 5.32 Å². The molecule has 1 unspecified atom stereocenters. The van der Waals surface area contributed by atoms with Crippen molar-refractivity contribution in [3.63, 3.8) is 0 Å². The molecule has 5 nitrogen and oxygen atoms in total. The van der Waals surface area contributed by atoms with Crippen molar-refractivity contribution in [2.24, 2.45) is 0 Å². The number of nitrogens with zero attached hydrogens (tertiary/aromatic N) is 1. The van der Waals surface area contributed by atoms with E-state index in [-0.39, 0.29) is 11.8 Å². The second-order valence-electron chi connectivity index (χ2n) is 3.94. The minimum absolute atomic E-state index is 0.00216. The highest BCUT2D eigenvalue weighted by Crippen LogP contribution is 2.27. The van der Waals surface area contributed by atoms with E-state index in [1.807, 2.05) is 0 Å². The first-order chi connectivity index (χ1) is 8.16. The van der Waals surface area contributed by atoms with Gasteiger partial charge in [0.25, 0.3) is 5.69 Å². The number of anilines is 1. The van der Waals surface area contributed by atoms with Gasteiger partial charge in [-0.1, -0.05) is 11.6 Å². The number of benzene rings is 1. The summed E-state index contributed by atoms with van der Waals surface area (Å²) in [5.74, 6) is 0. The summed E-state index contributed by atoms with van der Waals surface area (Å²) in [6.07, 6.45) is 2.33. The molecule has 0 amide bonds. The molecular weight excluding hydrogens is 244 g/mol. The van der Waals surface area contributed by atoms with E-state index in [2.05, 4.69) is 5.32 Å². The molecule has 1 heterocycles. The molecule has 6 heteroatoms. The summed E-state index contributed by atoms with van der Waals surface area (Å²) < 4.78 is 5.46.